The van der Waals surface area contributed by atoms with Crippen molar-refractivity contribution < 1.29 is 22.4 Å². The smallest absolute Gasteiger partial charge is 0.240 e. The highest BCUT2D eigenvalue weighted by atomic mass is 32.2. The molecule has 33 heavy (non-hydrogen) atoms. The summed E-state index contributed by atoms with van der Waals surface area (Å²) in [5.74, 6) is 2.84. The summed E-state index contributed by atoms with van der Waals surface area (Å²) in [5, 5.41) is 2.79. The lowest BCUT2D eigenvalue weighted by Crippen LogP contribution is -2.40. The lowest BCUT2D eigenvalue weighted by atomic mass is 10.2. The van der Waals surface area contributed by atoms with E-state index in [1.54, 1.807) is 42.3 Å². The molecule has 0 saturated carbocycles. The van der Waals surface area contributed by atoms with E-state index in [1.807, 2.05) is 42.5 Å². The molecule has 0 atom stereocenters. The van der Waals surface area contributed by atoms with E-state index in [9.17, 15) is 13.2 Å². The molecule has 7 nitrogen and oxygen atoms in total. The van der Waals surface area contributed by atoms with Crippen molar-refractivity contribution in [1.29, 1.82) is 0 Å². The molecule has 0 fully saturated rings. The van der Waals surface area contributed by atoms with Gasteiger partial charge in [-0.2, -0.15) is 11.8 Å². The van der Waals surface area contributed by atoms with Gasteiger partial charge in [0.15, 0.2) is 0 Å². The molecule has 1 N–H and O–H groups in total. The van der Waals surface area contributed by atoms with Gasteiger partial charge in [0.05, 0.1) is 24.0 Å². The number of sulfonamides is 1. The molecule has 0 aliphatic carbocycles. The molecule has 3 rings (SSSR count). The minimum Gasteiger partial charge on any atom is -0.489 e. The van der Waals surface area contributed by atoms with Crippen LogP contribution >= 0.6 is 11.8 Å². The van der Waals surface area contributed by atoms with E-state index in [4.69, 9.17) is 9.15 Å². The number of amides is 1. The van der Waals surface area contributed by atoms with Crippen LogP contribution in [0.5, 0.6) is 5.75 Å². The van der Waals surface area contributed by atoms with Gasteiger partial charge in [-0.05, 0) is 54.1 Å². The van der Waals surface area contributed by atoms with Gasteiger partial charge in [0.1, 0.15) is 24.7 Å². The van der Waals surface area contributed by atoms with Crippen molar-refractivity contribution >= 4 is 33.4 Å². The molecule has 176 valence electrons. The maximum atomic E-state index is 12.4. The first-order valence-corrected chi connectivity index (χ1v) is 13.5. The predicted octanol–water partition coefficient (Wildman–Crippen LogP) is 4.06. The molecular formula is C24H28N2O5S2. The fourth-order valence-corrected chi connectivity index (χ4v) is 4.72. The summed E-state index contributed by atoms with van der Waals surface area (Å²) in [6.45, 7) is 0.620. The van der Waals surface area contributed by atoms with E-state index in [1.165, 1.54) is 0 Å². The number of thioether (sulfide) groups is 1. The van der Waals surface area contributed by atoms with Crippen molar-refractivity contribution in [2.24, 2.45) is 0 Å². The number of hydrogen-bond acceptors (Lipinski definition) is 6. The van der Waals surface area contributed by atoms with E-state index in [0.717, 1.165) is 39.8 Å². The Morgan fingerprint density at radius 3 is 2.48 bits per heavy atom. The molecule has 3 aromatic rings. The summed E-state index contributed by atoms with van der Waals surface area (Å²) in [6.07, 6.45) is 3.52. The van der Waals surface area contributed by atoms with Crippen LogP contribution in [0, 0.1) is 0 Å². The van der Waals surface area contributed by atoms with Crippen LogP contribution in [0.4, 0.5) is 5.69 Å². The fourth-order valence-electron chi connectivity index (χ4n) is 3.01. The summed E-state index contributed by atoms with van der Waals surface area (Å²) in [4.78, 5) is 12.4. The van der Waals surface area contributed by atoms with E-state index in [2.05, 4.69) is 5.32 Å². The van der Waals surface area contributed by atoms with Crippen LogP contribution in [0.1, 0.15) is 17.7 Å². The van der Waals surface area contributed by atoms with Gasteiger partial charge in [-0.3, -0.25) is 9.10 Å². The van der Waals surface area contributed by atoms with E-state index in [0.29, 0.717) is 24.6 Å². The van der Waals surface area contributed by atoms with Crippen LogP contribution in [0.3, 0.4) is 0 Å². The lowest BCUT2D eigenvalue weighted by Gasteiger charge is -2.22. The average molecular weight is 489 g/mol. The minimum absolute atomic E-state index is 0.275. The second-order valence-corrected chi connectivity index (χ2v) is 10.4. The Kier molecular flexibility index (Phi) is 9.26. The van der Waals surface area contributed by atoms with Gasteiger partial charge >= 0.3 is 0 Å². The van der Waals surface area contributed by atoms with E-state index in [-0.39, 0.29) is 12.5 Å². The molecule has 0 bridgehead atoms. The molecule has 0 aliphatic rings. The number of furan rings is 1. The van der Waals surface area contributed by atoms with Crippen LogP contribution < -0.4 is 14.4 Å². The van der Waals surface area contributed by atoms with E-state index >= 15 is 0 Å². The number of carbonyl (C=O) groups excluding carboxylic acids is 1. The molecule has 0 unspecified atom stereocenters. The van der Waals surface area contributed by atoms with Gasteiger partial charge in [0, 0.05) is 6.54 Å². The molecule has 1 aromatic heterocycles. The largest absolute Gasteiger partial charge is 0.489 e. The molecule has 0 saturated heterocycles. The summed E-state index contributed by atoms with van der Waals surface area (Å²) >= 11 is 1.72. The third-order valence-corrected chi connectivity index (χ3v) is 6.88. The second-order valence-electron chi connectivity index (χ2n) is 7.37. The SMILES string of the molecule is CS(=O)(=O)N(CC(=O)NCCCSCc1ccco1)c1ccc(OCc2ccccc2)cc1. The normalized spacial score (nSPS) is 11.2. The maximum Gasteiger partial charge on any atom is 0.240 e. The van der Waals surface area contributed by atoms with Crippen molar-refractivity contribution in [3.8, 4) is 5.75 Å². The Hall–Kier alpha value is -2.91. The molecule has 1 amide bonds. The van der Waals surface area contributed by atoms with Crippen LogP contribution in [0.2, 0.25) is 0 Å². The Balaban J connectivity index is 1.46. The highest BCUT2D eigenvalue weighted by Crippen LogP contribution is 2.22. The molecule has 2 aromatic carbocycles. The number of ether oxygens (including phenoxy) is 1. The van der Waals surface area contributed by atoms with Crippen molar-refractivity contribution in [3.05, 3.63) is 84.3 Å². The molecule has 1 heterocycles. The zero-order chi connectivity index (χ0) is 23.5. The number of hydrogen-bond donors (Lipinski definition) is 1. The number of anilines is 1. The van der Waals surface area contributed by atoms with Gasteiger partial charge in [0.2, 0.25) is 15.9 Å². The molecule has 0 aliphatic heterocycles. The highest BCUT2D eigenvalue weighted by Gasteiger charge is 2.20. The number of nitrogens with one attached hydrogen (secondary N) is 1. The van der Waals surface area contributed by atoms with Crippen molar-refractivity contribution in [2.75, 3.05) is 29.4 Å². The summed E-state index contributed by atoms with van der Waals surface area (Å²) < 4.78 is 36.7. The highest BCUT2D eigenvalue weighted by molar-refractivity contribution is 7.98. The topological polar surface area (TPSA) is 88.9 Å². The maximum absolute atomic E-state index is 12.4. The molecule has 9 heteroatoms. The fraction of sp³-hybridized carbons (Fsp3) is 0.292. The first kappa shape index (κ1) is 24.7. The Bertz CT molecular complexity index is 1090. The number of carbonyl (C=O) groups is 1. The quantitative estimate of drug-likeness (QED) is 0.365. The van der Waals surface area contributed by atoms with Crippen LogP contribution in [0.15, 0.2) is 77.4 Å². The number of rotatable bonds is 13. The zero-order valence-corrected chi connectivity index (χ0v) is 20.1. The summed E-state index contributed by atoms with van der Waals surface area (Å²) in [5.41, 5.74) is 1.45. The zero-order valence-electron chi connectivity index (χ0n) is 18.5. The Morgan fingerprint density at radius 2 is 1.82 bits per heavy atom. The van der Waals surface area contributed by atoms with Gasteiger partial charge in [-0.25, -0.2) is 8.42 Å². The Labute approximate surface area is 199 Å². The molecule has 0 spiro atoms. The van der Waals surface area contributed by atoms with Crippen molar-refractivity contribution in [3.63, 3.8) is 0 Å². The third kappa shape index (κ3) is 8.51. The lowest BCUT2D eigenvalue weighted by molar-refractivity contribution is -0.119. The van der Waals surface area contributed by atoms with Crippen molar-refractivity contribution in [2.45, 2.75) is 18.8 Å². The Morgan fingerprint density at radius 1 is 1.06 bits per heavy atom. The minimum atomic E-state index is -3.63. The van der Waals surface area contributed by atoms with Crippen LogP contribution in [0.25, 0.3) is 0 Å². The van der Waals surface area contributed by atoms with Crippen LogP contribution in [-0.2, 0) is 27.2 Å². The summed E-state index contributed by atoms with van der Waals surface area (Å²) in [6, 6.07) is 20.2. The second kappa shape index (κ2) is 12.4. The number of benzene rings is 2. The monoisotopic (exact) mass is 488 g/mol. The predicted molar refractivity (Wildman–Crippen MR) is 132 cm³/mol. The molecule has 0 radical (unpaired) electrons. The van der Waals surface area contributed by atoms with Crippen molar-refractivity contribution in [1.82, 2.24) is 5.32 Å². The standard InChI is InChI=1S/C24H28N2O5S2/c1-33(28,29)26(17-24(27)25-14-6-16-32-19-23-9-5-15-30-23)21-10-12-22(13-11-21)31-18-20-7-3-2-4-8-20/h2-5,7-13,15H,6,14,16-19H2,1H3,(H,25,27). The average Bonchev–Trinajstić information content (AvgIpc) is 3.32. The summed E-state index contributed by atoms with van der Waals surface area (Å²) in [7, 11) is -3.63. The van der Waals surface area contributed by atoms with Gasteiger partial charge in [-0.15, -0.1) is 0 Å². The van der Waals surface area contributed by atoms with Crippen LogP contribution in [-0.4, -0.2) is 39.4 Å². The van der Waals surface area contributed by atoms with Gasteiger partial charge in [0.25, 0.3) is 0 Å². The first-order valence-electron chi connectivity index (χ1n) is 10.5. The third-order valence-electron chi connectivity index (χ3n) is 4.67. The molecular weight excluding hydrogens is 460 g/mol. The number of nitrogens with zero attached hydrogens (tertiary/aromatic N) is 1. The van der Waals surface area contributed by atoms with Gasteiger partial charge < -0.3 is 14.5 Å². The van der Waals surface area contributed by atoms with E-state index < -0.39 is 10.0 Å². The first-order chi connectivity index (χ1) is 15.9. The van der Waals surface area contributed by atoms with Gasteiger partial charge in [-0.1, -0.05) is 30.3 Å².